The van der Waals surface area contributed by atoms with Gasteiger partial charge >= 0.3 is 0 Å². The van der Waals surface area contributed by atoms with Crippen LogP contribution >= 0.6 is 11.8 Å². The first-order chi connectivity index (χ1) is 6.20. The van der Waals surface area contributed by atoms with Gasteiger partial charge in [0, 0.05) is 6.54 Å². The number of hydrogen-bond acceptors (Lipinski definition) is 3. The van der Waals surface area contributed by atoms with Gasteiger partial charge in [-0.15, -0.1) is 0 Å². The largest absolute Gasteiger partial charge is 0.355 e. The second kappa shape index (κ2) is 8.38. The number of hydrogen-bond donors (Lipinski definition) is 2. The van der Waals surface area contributed by atoms with Crippen LogP contribution in [0.3, 0.4) is 0 Å². The Hall–Kier alpha value is -0.220. The van der Waals surface area contributed by atoms with E-state index in [1.165, 1.54) is 0 Å². The van der Waals surface area contributed by atoms with Crippen molar-refractivity contribution in [1.29, 1.82) is 0 Å². The summed E-state index contributed by atoms with van der Waals surface area (Å²) >= 11 is 1.65. The van der Waals surface area contributed by atoms with Gasteiger partial charge in [0.2, 0.25) is 5.91 Å². The molecule has 0 spiro atoms. The Labute approximate surface area is 84.8 Å². The molecule has 0 aliphatic heterocycles. The van der Waals surface area contributed by atoms with Crippen molar-refractivity contribution in [2.24, 2.45) is 11.7 Å². The van der Waals surface area contributed by atoms with Gasteiger partial charge in [0.15, 0.2) is 0 Å². The molecule has 0 rings (SSSR count). The zero-order chi connectivity index (χ0) is 10.1. The van der Waals surface area contributed by atoms with E-state index in [1.807, 2.05) is 6.92 Å². The number of amides is 1. The van der Waals surface area contributed by atoms with E-state index < -0.39 is 0 Å². The Bertz CT molecular complexity index is 142. The van der Waals surface area contributed by atoms with Crippen LogP contribution < -0.4 is 11.1 Å². The standard InChI is InChI=1S/C9H20N2OS/c1-3-4-11-9(12)7-13-6-8(2)5-10/h8H,3-7,10H2,1-2H3,(H,11,12). The minimum Gasteiger partial charge on any atom is -0.355 e. The van der Waals surface area contributed by atoms with Crippen molar-refractivity contribution in [3.8, 4) is 0 Å². The van der Waals surface area contributed by atoms with Crippen LogP contribution in [-0.2, 0) is 4.79 Å². The first-order valence-corrected chi connectivity index (χ1v) is 5.90. The highest BCUT2D eigenvalue weighted by atomic mass is 32.2. The number of thioether (sulfide) groups is 1. The van der Waals surface area contributed by atoms with Crippen molar-refractivity contribution in [2.45, 2.75) is 20.3 Å². The molecule has 3 nitrogen and oxygen atoms in total. The molecule has 13 heavy (non-hydrogen) atoms. The van der Waals surface area contributed by atoms with Crippen LogP contribution in [0.25, 0.3) is 0 Å². The Morgan fingerprint density at radius 2 is 2.31 bits per heavy atom. The lowest BCUT2D eigenvalue weighted by Crippen LogP contribution is -2.26. The van der Waals surface area contributed by atoms with E-state index in [1.54, 1.807) is 11.8 Å². The molecule has 1 amide bonds. The maximum absolute atomic E-state index is 11.1. The van der Waals surface area contributed by atoms with Gasteiger partial charge in [-0.25, -0.2) is 0 Å². The van der Waals surface area contributed by atoms with Gasteiger partial charge < -0.3 is 11.1 Å². The number of nitrogens with two attached hydrogens (primary N) is 1. The fourth-order valence-corrected chi connectivity index (χ4v) is 1.68. The Morgan fingerprint density at radius 3 is 2.85 bits per heavy atom. The third-order valence-corrected chi connectivity index (χ3v) is 2.88. The molecule has 0 radical (unpaired) electrons. The number of carbonyl (C=O) groups is 1. The summed E-state index contributed by atoms with van der Waals surface area (Å²) < 4.78 is 0. The molecule has 3 N–H and O–H groups in total. The predicted molar refractivity (Wildman–Crippen MR) is 58.8 cm³/mol. The molecule has 0 aliphatic carbocycles. The quantitative estimate of drug-likeness (QED) is 0.646. The van der Waals surface area contributed by atoms with E-state index >= 15 is 0 Å². The molecule has 1 atom stereocenters. The van der Waals surface area contributed by atoms with Gasteiger partial charge in [0.1, 0.15) is 0 Å². The first kappa shape index (κ1) is 12.8. The highest BCUT2D eigenvalue weighted by Crippen LogP contribution is 2.06. The molecule has 0 aliphatic rings. The minimum absolute atomic E-state index is 0.135. The van der Waals surface area contributed by atoms with Gasteiger partial charge in [-0.3, -0.25) is 4.79 Å². The summed E-state index contributed by atoms with van der Waals surface area (Å²) in [4.78, 5) is 11.1. The number of nitrogens with one attached hydrogen (secondary N) is 1. The minimum atomic E-state index is 0.135. The summed E-state index contributed by atoms with van der Waals surface area (Å²) in [6.07, 6.45) is 0.996. The van der Waals surface area contributed by atoms with Gasteiger partial charge in [0.25, 0.3) is 0 Å². The highest BCUT2D eigenvalue weighted by Gasteiger charge is 2.02. The molecule has 0 aromatic carbocycles. The van der Waals surface area contributed by atoms with Crippen LogP contribution in [0.15, 0.2) is 0 Å². The Balaban J connectivity index is 3.26. The average Bonchev–Trinajstić information content (AvgIpc) is 2.14. The van der Waals surface area contributed by atoms with Gasteiger partial charge in [-0.2, -0.15) is 11.8 Å². The van der Waals surface area contributed by atoms with Gasteiger partial charge in [0.05, 0.1) is 5.75 Å². The van der Waals surface area contributed by atoms with Crippen LogP contribution in [0.5, 0.6) is 0 Å². The Morgan fingerprint density at radius 1 is 1.62 bits per heavy atom. The summed E-state index contributed by atoms with van der Waals surface area (Å²) in [5.41, 5.74) is 5.46. The first-order valence-electron chi connectivity index (χ1n) is 4.75. The third kappa shape index (κ3) is 8.12. The molecule has 0 fully saturated rings. The molecule has 0 aromatic heterocycles. The number of carbonyl (C=O) groups excluding carboxylic acids is 1. The van der Waals surface area contributed by atoms with Crippen molar-refractivity contribution in [1.82, 2.24) is 5.32 Å². The summed E-state index contributed by atoms with van der Waals surface area (Å²) in [5.74, 6) is 2.17. The molecule has 0 saturated heterocycles. The summed E-state index contributed by atoms with van der Waals surface area (Å²) in [5, 5.41) is 2.83. The van der Waals surface area contributed by atoms with Gasteiger partial charge in [-0.05, 0) is 24.6 Å². The van der Waals surface area contributed by atoms with Crippen LogP contribution in [0.4, 0.5) is 0 Å². The predicted octanol–water partition coefficient (Wildman–Crippen LogP) is 0.841. The topological polar surface area (TPSA) is 55.1 Å². The van der Waals surface area contributed by atoms with E-state index in [0.29, 0.717) is 18.2 Å². The van der Waals surface area contributed by atoms with Crippen molar-refractivity contribution in [3.05, 3.63) is 0 Å². The van der Waals surface area contributed by atoms with Gasteiger partial charge in [-0.1, -0.05) is 13.8 Å². The summed E-state index contributed by atoms with van der Waals surface area (Å²) in [6, 6.07) is 0. The molecule has 78 valence electrons. The van der Waals surface area contributed by atoms with Crippen LogP contribution in [0, 0.1) is 5.92 Å². The maximum atomic E-state index is 11.1. The number of rotatable bonds is 7. The van der Waals surface area contributed by atoms with E-state index in [2.05, 4.69) is 12.2 Å². The maximum Gasteiger partial charge on any atom is 0.229 e. The van der Waals surface area contributed by atoms with Crippen LogP contribution in [-0.4, -0.2) is 30.5 Å². The SMILES string of the molecule is CCCNC(=O)CSCC(C)CN. The van der Waals surface area contributed by atoms with Crippen LogP contribution in [0.1, 0.15) is 20.3 Å². The van der Waals surface area contributed by atoms with E-state index in [4.69, 9.17) is 5.73 Å². The average molecular weight is 204 g/mol. The monoisotopic (exact) mass is 204 g/mol. The molecule has 0 bridgehead atoms. The van der Waals surface area contributed by atoms with Crippen molar-refractivity contribution in [2.75, 3.05) is 24.6 Å². The lowest BCUT2D eigenvalue weighted by atomic mass is 10.2. The van der Waals surface area contributed by atoms with Crippen LogP contribution in [0.2, 0.25) is 0 Å². The highest BCUT2D eigenvalue weighted by molar-refractivity contribution is 7.99. The van der Waals surface area contributed by atoms with E-state index in [-0.39, 0.29) is 5.91 Å². The lowest BCUT2D eigenvalue weighted by Gasteiger charge is -2.07. The molecule has 0 heterocycles. The van der Waals surface area contributed by atoms with Crippen molar-refractivity contribution in [3.63, 3.8) is 0 Å². The van der Waals surface area contributed by atoms with Crippen molar-refractivity contribution >= 4 is 17.7 Å². The molecule has 0 saturated carbocycles. The zero-order valence-corrected chi connectivity index (χ0v) is 9.32. The summed E-state index contributed by atoms with van der Waals surface area (Å²) in [7, 11) is 0. The van der Waals surface area contributed by atoms with Crippen molar-refractivity contribution < 1.29 is 4.79 Å². The third-order valence-electron chi connectivity index (χ3n) is 1.61. The fourth-order valence-electron chi connectivity index (χ4n) is 0.736. The molecule has 0 aromatic rings. The second-order valence-corrected chi connectivity index (χ2v) is 4.24. The van der Waals surface area contributed by atoms with E-state index in [0.717, 1.165) is 18.7 Å². The smallest absolute Gasteiger partial charge is 0.229 e. The molecular formula is C9H20N2OS. The summed E-state index contributed by atoms with van der Waals surface area (Å²) in [6.45, 7) is 5.62. The lowest BCUT2D eigenvalue weighted by molar-refractivity contribution is -0.118. The second-order valence-electron chi connectivity index (χ2n) is 3.21. The molecular weight excluding hydrogens is 184 g/mol. The normalized spacial score (nSPS) is 12.5. The molecule has 1 unspecified atom stereocenters. The molecule has 4 heteroatoms. The van der Waals surface area contributed by atoms with E-state index in [9.17, 15) is 4.79 Å². The zero-order valence-electron chi connectivity index (χ0n) is 8.51. The fraction of sp³-hybridized carbons (Fsp3) is 0.889. The Kier molecular flexibility index (Phi) is 8.24.